The number of carbonyl (C=O) groups is 4. The lowest BCUT2D eigenvalue weighted by Gasteiger charge is -2.03. The number of hydrogen-bond donors (Lipinski definition) is 0. The maximum absolute atomic E-state index is 10.5. The third kappa shape index (κ3) is 20.0. The fraction of sp³-hybridized carbons (Fsp3) is 0.200. The van der Waals surface area contributed by atoms with Crippen molar-refractivity contribution in [1.29, 1.82) is 0 Å². The van der Waals surface area contributed by atoms with Gasteiger partial charge in [-0.15, -0.1) is 0 Å². The second kappa shape index (κ2) is 18.4. The molecular formula is C15H18O12. The number of carbonyl (C=O) groups excluding carboxylic acids is 4. The molecule has 0 heterocycles. The van der Waals surface area contributed by atoms with Gasteiger partial charge < -0.3 is 37.9 Å². The topological polar surface area (TPSA) is 142 Å². The van der Waals surface area contributed by atoms with Gasteiger partial charge in [-0.1, -0.05) is 26.3 Å². The van der Waals surface area contributed by atoms with Crippen molar-refractivity contribution < 1.29 is 57.1 Å². The van der Waals surface area contributed by atoms with Gasteiger partial charge in [-0.3, -0.25) is 0 Å². The Morgan fingerprint density at radius 2 is 0.778 bits per heavy atom. The highest BCUT2D eigenvalue weighted by Crippen LogP contribution is 1.90. The first-order valence-electron chi connectivity index (χ1n) is 6.68. The molecule has 150 valence electrons. The van der Waals surface area contributed by atoms with Crippen LogP contribution in [0.15, 0.2) is 51.4 Å². The van der Waals surface area contributed by atoms with Gasteiger partial charge in [0.1, 0.15) is 13.2 Å². The molecule has 0 aliphatic rings. The van der Waals surface area contributed by atoms with E-state index in [0.717, 1.165) is 25.0 Å². The first-order valence-corrected chi connectivity index (χ1v) is 6.68. The Hall–Kier alpha value is -3.96. The number of rotatable bonds is 9. The molecule has 0 spiro atoms. The minimum absolute atomic E-state index is 0.126. The van der Waals surface area contributed by atoms with Gasteiger partial charge in [-0.25, -0.2) is 19.2 Å². The lowest BCUT2D eigenvalue weighted by atomic mass is 10.8. The minimum atomic E-state index is -1.03. The van der Waals surface area contributed by atoms with E-state index in [1.807, 2.05) is 0 Å². The monoisotopic (exact) mass is 390 g/mol. The van der Waals surface area contributed by atoms with Crippen molar-refractivity contribution in [2.45, 2.75) is 0 Å². The summed E-state index contributed by atoms with van der Waals surface area (Å²) in [5, 5.41) is 0. The zero-order valence-corrected chi connectivity index (χ0v) is 14.2. The van der Waals surface area contributed by atoms with Crippen molar-refractivity contribution in [3.05, 3.63) is 51.4 Å². The second-order valence-corrected chi connectivity index (χ2v) is 3.24. The molecule has 0 bridgehead atoms. The van der Waals surface area contributed by atoms with E-state index in [4.69, 9.17) is 0 Å². The largest absolute Gasteiger partial charge is 0.516 e. The van der Waals surface area contributed by atoms with Crippen LogP contribution in [0.1, 0.15) is 0 Å². The van der Waals surface area contributed by atoms with E-state index in [9.17, 15) is 19.2 Å². The Morgan fingerprint density at radius 3 is 1.04 bits per heavy atom. The number of ether oxygens (including phenoxy) is 8. The highest BCUT2D eigenvalue weighted by Gasteiger charge is 2.05. The second-order valence-electron chi connectivity index (χ2n) is 3.24. The SMILES string of the molecule is C=COC(=O)OCCOC(=O)OC=C.C=COC(=O)OCOC(=O)OC=C. The molecule has 0 amide bonds. The summed E-state index contributed by atoms with van der Waals surface area (Å²) in [6.45, 7) is 11.6. The van der Waals surface area contributed by atoms with Crippen LogP contribution >= 0.6 is 0 Å². The molecule has 0 aliphatic heterocycles. The van der Waals surface area contributed by atoms with Crippen LogP contribution in [0, 0.1) is 0 Å². The molecule has 0 saturated carbocycles. The average Bonchev–Trinajstić information content (AvgIpc) is 2.60. The quantitative estimate of drug-likeness (QED) is 0.188. The van der Waals surface area contributed by atoms with Crippen LogP contribution in [0.25, 0.3) is 0 Å². The van der Waals surface area contributed by atoms with Crippen molar-refractivity contribution in [2.75, 3.05) is 20.0 Å². The zero-order valence-electron chi connectivity index (χ0n) is 14.2. The van der Waals surface area contributed by atoms with E-state index in [1.165, 1.54) is 0 Å². The molecule has 0 fully saturated rings. The molecule has 0 N–H and O–H groups in total. The Balaban J connectivity index is 0. The van der Waals surface area contributed by atoms with Crippen molar-refractivity contribution in [2.24, 2.45) is 0 Å². The summed E-state index contributed by atoms with van der Waals surface area (Å²) in [6.07, 6.45) is -0.275. The molecule has 0 aliphatic carbocycles. The van der Waals surface area contributed by atoms with Crippen molar-refractivity contribution in [1.82, 2.24) is 0 Å². The predicted molar refractivity (Wildman–Crippen MR) is 85.7 cm³/mol. The fourth-order valence-corrected chi connectivity index (χ4v) is 0.784. The normalized spacial score (nSPS) is 8.15. The molecule has 0 aromatic heterocycles. The Morgan fingerprint density at radius 1 is 0.519 bits per heavy atom. The molecule has 0 atom stereocenters. The van der Waals surface area contributed by atoms with Crippen molar-refractivity contribution >= 4 is 24.6 Å². The van der Waals surface area contributed by atoms with Crippen LogP contribution in [0.5, 0.6) is 0 Å². The van der Waals surface area contributed by atoms with Gasteiger partial charge >= 0.3 is 24.6 Å². The fourth-order valence-electron chi connectivity index (χ4n) is 0.784. The van der Waals surface area contributed by atoms with Crippen LogP contribution in [0.3, 0.4) is 0 Å². The van der Waals surface area contributed by atoms with E-state index in [2.05, 4.69) is 64.2 Å². The maximum atomic E-state index is 10.5. The van der Waals surface area contributed by atoms with Gasteiger partial charge in [0.25, 0.3) is 0 Å². The molecule has 0 saturated heterocycles. The predicted octanol–water partition coefficient (Wildman–Crippen LogP) is 3.12. The highest BCUT2D eigenvalue weighted by molar-refractivity contribution is 5.62. The summed E-state index contributed by atoms with van der Waals surface area (Å²) < 4.78 is 33.9. The van der Waals surface area contributed by atoms with Crippen LogP contribution in [-0.2, 0) is 37.9 Å². The molecule has 12 heteroatoms. The van der Waals surface area contributed by atoms with Crippen molar-refractivity contribution in [3.8, 4) is 0 Å². The van der Waals surface area contributed by atoms with Gasteiger partial charge in [-0.05, 0) is 0 Å². The minimum Gasteiger partial charge on any atom is -0.430 e. The highest BCUT2D eigenvalue weighted by atomic mass is 16.8. The molecule has 27 heavy (non-hydrogen) atoms. The maximum Gasteiger partial charge on any atom is 0.516 e. The van der Waals surface area contributed by atoms with E-state index in [-0.39, 0.29) is 13.2 Å². The molecule has 0 aromatic carbocycles. The standard InChI is InChI=1S/C8H10O6.C7H8O6/c1-3-11-7(9)13-5-6-14-8(10)12-4-2;1-3-10-6(8)12-5-13-7(9)11-4-2/h3-4H,1-2,5-6H2;3-4H,1-2,5H2. The van der Waals surface area contributed by atoms with Gasteiger partial charge in [0, 0.05) is 0 Å². The molecule has 0 unspecified atom stereocenters. The molecular weight excluding hydrogens is 372 g/mol. The van der Waals surface area contributed by atoms with E-state index in [1.54, 1.807) is 0 Å². The third-order valence-corrected chi connectivity index (χ3v) is 1.59. The Kier molecular flexibility index (Phi) is 17.2. The molecule has 0 radical (unpaired) electrons. The van der Waals surface area contributed by atoms with Crippen LogP contribution in [0.2, 0.25) is 0 Å². The summed E-state index contributed by atoms with van der Waals surface area (Å²) in [6, 6.07) is 0. The van der Waals surface area contributed by atoms with Crippen LogP contribution in [-0.4, -0.2) is 44.6 Å². The Labute approximate surface area is 154 Å². The summed E-state index contributed by atoms with van der Waals surface area (Å²) >= 11 is 0. The molecule has 0 rings (SSSR count). The Bertz CT molecular complexity index is 479. The average molecular weight is 390 g/mol. The summed E-state index contributed by atoms with van der Waals surface area (Å²) in [4.78, 5) is 41.8. The van der Waals surface area contributed by atoms with E-state index < -0.39 is 31.4 Å². The van der Waals surface area contributed by atoms with Crippen molar-refractivity contribution in [3.63, 3.8) is 0 Å². The first-order chi connectivity index (χ1) is 12.9. The van der Waals surface area contributed by atoms with Gasteiger partial charge in [0.15, 0.2) is 0 Å². The smallest absolute Gasteiger partial charge is 0.430 e. The molecule has 0 aromatic rings. The summed E-state index contributed by atoms with van der Waals surface area (Å²) in [5.74, 6) is 0. The molecule has 12 nitrogen and oxygen atoms in total. The third-order valence-electron chi connectivity index (χ3n) is 1.59. The first kappa shape index (κ1) is 25.3. The number of hydrogen-bond acceptors (Lipinski definition) is 12. The van der Waals surface area contributed by atoms with Gasteiger partial charge in [-0.2, -0.15) is 0 Å². The van der Waals surface area contributed by atoms with Crippen LogP contribution in [0.4, 0.5) is 19.2 Å². The summed E-state index contributed by atoms with van der Waals surface area (Å²) in [5.41, 5.74) is 0. The van der Waals surface area contributed by atoms with E-state index >= 15 is 0 Å². The van der Waals surface area contributed by atoms with E-state index in [0.29, 0.717) is 0 Å². The zero-order chi connectivity index (χ0) is 20.9. The lowest BCUT2D eigenvalue weighted by molar-refractivity contribution is -0.0204. The van der Waals surface area contributed by atoms with Gasteiger partial charge in [0.05, 0.1) is 25.0 Å². The summed E-state index contributed by atoms with van der Waals surface area (Å²) in [7, 11) is 0. The lowest BCUT2D eigenvalue weighted by Crippen LogP contribution is -2.13. The van der Waals surface area contributed by atoms with Gasteiger partial charge in [0.2, 0.25) is 6.79 Å². The van der Waals surface area contributed by atoms with Crippen LogP contribution < -0.4 is 0 Å².